The van der Waals surface area contributed by atoms with Crippen LogP contribution >= 0.6 is 0 Å². The van der Waals surface area contributed by atoms with E-state index in [9.17, 15) is 9.59 Å². The number of carbonyl (C=O) groups is 2. The van der Waals surface area contributed by atoms with Crippen LogP contribution in [0.3, 0.4) is 0 Å². The molecular weight excluding hydrogens is 432 g/mol. The minimum Gasteiger partial charge on any atom is -0.497 e. The summed E-state index contributed by atoms with van der Waals surface area (Å²) in [6.07, 6.45) is 1.81. The molecule has 0 atom stereocenters. The molecule has 0 fully saturated rings. The highest BCUT2D eigenvalue weighted by Gasteiger charge is 2.15. The van der Waals surface area contributed by atoms with E-state index in [4.69, 9.17) is 14.2 Å². The number of nitrogens with zero attached hydrogens (tertiary/aromatic N) is 1. The van der Waals surface area contributed by atoms with Gasteiger partial charge in [-0.1, -0.05) is 12.1 Å². The molecular formula is C27H28N2O5. The molecule has 3 aromatic rings. The fourth-order valence-corrected chi connectivity index (χ4v) is 3.24. The Bertz CT molecular complexity index is 1160. The van der Waals surface area contributed by atoms with Crippen LogP contribution in [0.1, 0.15) is 18.1 Å². The van der Waals surface area contributed by atoms with Gasteiger partial charge < -0.3 is 24.4 Å². The molecule has 0 saturated carbocycles. The minimum atomic E-state index is -0.135. The molecule has 7 heteroatoms. The van der Waals surface area contributed by atoms with Crippen LogP contribution in [0, 0.1) is 0 Å². The van der Waals surface area contributed by atoms with E-state index in [1.165, 1.54) is 11.8 Å². The van der Waals surface area contributed by atoms with E-state index in [2.05, 4.69) is 5.32 Å². The van der Waals surface area contributed by atoms with Crippen LogP contribution in [0.25, 0.3) is 11.6 Å². The first kappa shape index (κ1) is 24.4. The van der Waals surface area contributed by atoms with Gasteiger partial charge >= 0.3 is 0 Å². The fraction of sp³-hybridized carbons (Fsp3) is 0.185. The molecule has 0 unspecified atom stereocenters. The average molecular weight is 461 g/mol. The maximum Gasteiger partial charge on any atom is 0.253 e. The zero-order valence-electron chi connectivity index (χ0n) is 19.9. The monoisotopic (exact) mass is 460 g/mol. The van der Waals surface area contributed by atoms with E-state index in [0.717, 1.165) is 11.1 Å². The Morgan fingerprint density at radius 3 is 1.79 bits per heavy atom. The largest absolute Gasteiger partial charge is 0.497 e. The van der Waals surface area contributed by atoms with Crippen molar-refractivity contribution in [3.8, 4) is 23.0 Å². The molecule has 7 nitrogen and oxygen atoms in total. The zero-order valence-corrected chi connectivity index (χ0v) is 19.9. The van der Waals surface area contributed by atoms with Gasteiger partial charge in [-0.3, -0.25) is 9.59 Å². The molecule has 34 heavy (non-hydrogen) atoms. The van der Waals surface area contributed by atoms with Crippen molar-refractivity contribution in [1.82, 2.24) is 4.90 Å². The van der Waals surface area contributed by atoms with E-state index in [1.807, 2.05) is 30.3 Å². The first-order valence-corrected chi connectivity index (χ1v) is 10.6. The lowest BCUT2D eigenvalue weighted by Crippen LogP contribution is -2.22. The van der Waals surface area contributed by atoms with E-state index in [1.54, 1.807) is 70.8 Å². The Balaban J connectivity index is 1.88. The first-order valence-electron chi connectivity index (χ1n) is 10.6. The molecule has 176 valence electrons. The zero-order chi connectivity index (χ0) is 24.7. The molecule has 0 aromatic heterocycles. The van der Waals surface area contributed by atoms with Crippen LogP contribution in [0.2, 0.25) is 0 Å². The van der Waals surface area contributed by atoms with Crippen molar-refractivity contribution in [2.75, 3.05) is 33.6 Å². The topological polar surface area (TPSA) is 77.1 Å². The van der Waals surface area contributed by atoms with Gasteiger partial charge in [-0.15, -0.1) is 0 Å². The second-order valence-electron chi connectivity index (χ2n) is 7.74. The molecule has 3 rings (SSSR count). The summed E-state index contributed by atoms with van der Waals surface area (Å²) in [5.74, 6) is 2.25. The summed E-state index contributed by atoms with van der Waals surface area (Å²) in [4.78, 5) is 25.7. The van der Waals surface area contributed by atoms with Crippen molar-refractivity contribution in [2.45, 2.75) is 6.92 Å². The number of ether oxygens (including phenoxy) is 3. The first-order chi connectivity index (χ1) is 16.3. The number of hydrogen-bond donors (Lipinski definition) is 1. The van der Waals surface area contributed by atoms with Crippen LogP contribution in [-0.4, -0.2) is 45.0 Å². The molecule has 0 radical (unpaired) electrons. The lowest BCUT2D eigenvalue weighted by atomic mass is 10.0. The normalized spacial score (nSPS) is 10.9. The average Bonchev–Trinajstić information content (AvgIpc) is 2.83. The highest BCUT2D eigenvalue weighted by Crippen LogP contribution is 2.29. The smallest absolute Gasteiger partial charge is 0.253 e. The maximum absolute atomic E-state index is 13.0. The Kier molecular flexibility index (Phi) is 7.92. The second-order valence-corrected chi connectivity index (χ2v) is 7.74. The molecule has 0 heterocycles. The van der Waals surface area contributed by atoms with Crippen molar-refractivity contribution in [1.29, 1.82) is 0 Å². The molecule has 1 N–H and O–H groups in total. The summed E-state index contributed by atoms with van der Waals surface area (Å²) in [5.41, 5.74) is 2.74. The van der Waals surface area contributed by atoms with Gasteiger partial charge in [0, 0.05) is 38.3 Å². The van der Waals surface area contributed by atoms with Crippen LogP contribution in [0.15, 0.2) is 66.7 Å². The third-order valence-corrected chi connectivity index (χ3v) is 4.90. The number of likely N-dealkylation sites (N-methyl/N-ethyl adjacent to an activating group) is 1. The molecule has 0 aliphatic rings. The van der Waals surface area contributed by atoms with Gasteiger partial charge in [-0.25, -0.2) is 0 Å². The van der Waals surface area contributed by atoms with Crippen LogP contribution in [-0.2, 0) is 9.59 Å². The summed E-state index contributed by atoms with van der Waals surface area (Å²) in [5, 5.41) is 2.72. The third-order valence-electron chi connectivity index (χ3n) is 4.90. The Morgan fingerprint density at radius 2 is 1.32 bits per heavy atom. The highest BCUT2D eigenvalue weighted by atomic mass is 16.5. The molecule has 0 saturated heterocycles. The van der Waals surface area contributed by atoms with Crippen molar-refractivity contribution in [3.63, 3.8) is 0 Å². The number of nitrogens with one attached hydrogen (secondary N) is 1. The van der Waals surface area contributed by atoms with Gasteiger partial charge in [0.15, 0.2) is 0 Å². The van der Waals surface area contributed by atoms with Crippen molar-refractivity contribution < 1.29 is 23.8 Å². The third kappa shape index (κ3) is 6.38. The number of carbonyl (C=O) groups excluding carboxylic acids is 2. The van der Waals surface area contributed by atoms with Crippen LogP contribution < -0.4 is 19.5 Å². The molecule has 3 aromatic carbocycles. The lowest BCUT2D eigenvalue weighted by molar-refractivity contribution is -0.122. The summed E-state index contributed by atoms with van der Waals surface area (Å²) in [7, 11) is 6.59. The van der Waals surface area contributed by atoms with Crippen LogP contribution in [0.5, 0.6) is 23.0 Å². The number of methoxy groups -OCH3 is 2. The van der Waals surface area contributed by atoms with Crippen molar-refractivity contribution in [3.05, 3.63) is 77.9 Å². The maximum atomic E-state index is 13.0. The number of rotatable bonds is 8. The summed E-state index contributed by atoms with van der Waals surface area (Å²) in [6, 6.07) is 19.8. The number of hydrogen-bond acceptors (Lipinski definition) is 5. The van der Waals surface area contributed by atoms with E-state index in [-0.39, 0.29) is 11.8 Å². The second kappa shape index (κ2) is 11.0. The fourth-order valence-electron chi connectivity index (χ4n) is 3.24. The van der Waals surface area contributed by atoms with Gasteiger partial charge in [0.25, 0.3) is 5.91 Å². The van der Waals surface area contributed by atoms with Gasteiger partial charge in [0.2, 0.25) is 5.91 Å². The summed E-state index contributed by atoms with van der Waals surface area (Å²) in [6.45, 7) is 1.46. The van der Waals surface area contributed by atoms with Gasteiger partial charge in [0.05, 0.1) is 14.2 Å². The number of anilines is 1. The Hall–Kier alpha value is -4.26. The highest BCUT2D eigenvalue weighted by molar-refractivity contribution is 6.24. The summed E-state index contributed by atoms with van der Waals surface area (Å²) < 4.78 is 16.6. The van der Waals surface area contributed by atoms with Crippen molar-refractivity contribution >= 4 is 29.2 Å². The minimum absolute atomic E-state index is 0.132. The number of benzene rings is 3. The van der Waals surface area contributed by atoms with Gasteiger partial charge in [-0.05, 0) is 65.7 Å². The Labute approximate surface area is 199 Å². The quantitative estimate of drug-likeness (QED) is 0.375. The molecule has 2 amide bonds. The van der Waals surface area contributed by atoms with E-state index in [0.29, 0.717) is 34.3 Å². The predicted molar refractivity (Wildman–Crippen MR) is 133 cm³/mol. The van der Waals surface area contributed by atoms with Crippen molar-refractivity contribution in [2.24, 2.45) is 0 Å². The molecule has 0 aliphatic heterocycles. The molecule has 0 aliphatic carbocycles. The van der Waals surface area contributed by atoms with Crippen LogP contribution in [0.4, 0.5) is 5.69 Å². The molecule has 0 spiro atoms. The number of amides is 2. The van der Waals surface area contributed by atoms with Gasteiger partial charge in [-0.2, -0.15) is 0 Å². The Morgan fingerprint density at radius 1 is 0.794 bits per heavy atom. The van der Waals surface area contributed by atoms with E-state index < -0.39 is 0 Å². The predicted octanol–water partition coefficient (Wildman–Crippen LogP) is 5.08. The molecule has 0 bridgehead atoms. The lowest BCUT2D eigenvalue weighted by Gasteiger charge is -2.15. The standard InChI is InChI=1S/C27H28N2O5/c1-18(30)28-21-8-12-23(13-9-21)34-22-10-6-20(7-11-22)26(27(31)29(2)3)16-19-14-24(32-4)17-25(15-19)33-5/h6-17H,1-5H3,(H,28,30)/b26-16-. The SMILES string of the molecule is COc1cc(/C=C(\C(=O)N(C)C)c2ccc(Oc3ccc(NC(C)=O)cc3)cc2)cc(OC)c1. The van der Waals surface area contributed by atoms with E-state index >= 15 is 0 Å². The van der Waals surface area contributed by atoms with Gasteiger partial charge in [0.1, 0.15) is 23.0 Å². The summed E-state index contributed by atoms with van der Waals surface area (Å²) >= 11 is 0.